The van der Waals surface area contributed by atoms with E-state index in [0.717, 1.165) is 12.0 Å². The zero-order valence-electron chi connectivity index (χ0n) is 21.6. The van der Waals surface area contributed by atoms with Crippen LogP contribution in [0.25, 0.3) is 17.1 Å². The molecule has 1 aliphatic carbocycles. The molecule has 1 N–H and O–H groups in total. The molecule has 5 aromatic rings. The van der Waals surface area contributed by atoms with Crippen LogP contribution in [0.4, 0.5) is 13.2 Å². The maximum Gasteiger partial charge on any atom is 0.434 e. The number of hydrogen-bond donors (Lipinski definition) is 1. The average molecular weight is 556 g/mol. The number of hydrogen-bond acceptors (Lipinski definition) is 4. The molecule has 0 saturated heterocycles. The molecule has 9 heteroatoms. The molecule has 2 aromatic heterocycles. The molecule has 1 saturated carbocycles. The highest BCUT2D eigenvalue weighted by atomic mass is 19.4. The summed E-state index contributed by atoms with van der Waals surface area (Å²) in [5, 5.41) is 12.9. The molecule has 0 radical (unpaired) electrons. The van der Waals surface area contributed by atoms with Gasteiger partial charge in [-0.15, -0.1) is 0 Å². The molecule has 41 heavy (non-hydrogen) atoms. The van der Waals surface area contributed by atoms with E-state index in [1.54, 1.807) is 30.3 Å². The lowest BCUT2D eigenvalue weighted by Crippen LogP contribution is -2.18. The Kier molecular flexibility index (Phi) is 6.78. The van der Waals surface area contributed by atoms with Crippen LogP contribution in [-0.4, -0.2) is 25.8 Å². The van der Waals surface area contributed by atoms with Gasteiger partial charge in [0.05, 0.1) is 11.9 Å². The van der Waals surface area contributed by atoms with Gasteiger partial charge in [-0.25, -0.2) is 14.5 Å². The minimum absolute atomic E-state index is 0.165. The quantitative estimate of drug-likeness (QED) is 0.215. The largest absolute Gasteiger partial charge is 0.488 e. The molecular formula is C32H24F3N3O3. The highest BCUT2D eigenvalue weighted by Crippen LogP contribution is 2.54. The van der Waals surface area contributed by atoms with Crippen LogP contribution in [0.1, 0.15) is 51.0 Å². The zero-order valence-corrected chi connectivity index (χ0v) is 21.6. The van der Waals surface area contributed by atoms with Crippen molar-refractivity contribution in [1.82, 2.24) is 14.8 Å². The van der Waals surface area contributed by atoms with Crippen LogP contribution in [0.5, 0.6) is 5.75 Å². The Bertz CT molecular complexity index is 1700. The van der Waals surface area contributed by atoms with Crippen LogP contribution in [0, 0.1) is 0 Å². The van der Waals surface area contributed by atoms with Gasteiger partial charge < -0.3 is 9.84 Å². The lowest BCUT2D eigenvalue weighted by molar-refractivity contribution is -0.143. The summed E-state index contributed by atoms with van der Waals surface area (Å²) in [4.78, 5) is 15.7. The Morgan fingerprint density at radius 1 is 0.878 bits per heavy atom. The van der Waals surface area contributed by atoms with Gasteiger partial charge in [0.15, 0.2) is 11.5 Å². The van der Waals surface area contributed by atoms with Crippen LogP contribution in [0.15, 0.2) is 103 Å². The highest BCUT2D eigenvalue weighted by molar-refractivity contribution is 5.89. The molecule has 1 aliphatic rings. The first kappa shape index (κ1) is 26.3. The molecule has 206 valence electrons. The van der Waals surface area contributed by atoms with E-state index in [1.807, 2.05) is 18.2 Å². The first-order valence-electron chi connectivity index (χ1n) is 13.0. The Morgan fingerprint density at radius 2 is 1.56 bits per heavy atom. The standard InChI is InChI=1S/C32H24F3N3O3/c33-32(34,35)30-26(31(39)40)18-36-38(30)29-12-6-10-27(37-29)23-9-4-5-11-28(23)41-19-20-13-15-22(16-14-20)25-17-24(25)21-7-2-1-3-8-21/h1-16,18,24-25H,17,19H2,(H,39,40)/t24-,25-/m0/s1. The summed E-state index contributed by atoms with van der Waals surface area (Å²) in [7, 11) is 0. The predicted octanol–water partition coefficient (Wildman–Crippen LogP) is 7.50. The number of para-hydroxylation sites is 1. The van der Waals surface area contributed by atoms with Gasteiger partial charge in [0.2, 0.25) is 0 Å². The topological polar surface area (TPSA) is 77.2 Å². The van der Waals surface area contributed by atoms with Crippen molar-refractivity contribution in [2.75, 3.05) is 0 Å². The number of alkyl halides is 3. The minimum atomic E-state index is -4.94. The molecular weight excluding hydrogens is 531 g/mol. The maximum atomic E-state index is 13.7. The van der Waals surface area contributed by atoms with Crippen molar-refractivity contribution in [3.05, 3.63) is 131 Å². The van der Waals surface area contributed by atoms with Gasteiger partial charge >= 0.3 is 12.1 Å². The molecule has 0 bridgehead atoms. The third kappa shape index (κ3) is 5.43. The van der Waals surface area contributed by atoms with Gasteiger partial charge in [-0.1, -0.05) is 72.8 Å². The number of nitrogens with zero attached hydrogens (tertiary/aromatic N) is 3. The van der Waals surface area contributed by atoms with Crippen LogP contribution in [0.3, 0.4) is 0 Å². The third-order valence-electron chi connectivity index (χ3n) is 7.20. The summed E-state index contributed by atoms with van der Waals surface area (Å²) in [5.41, 5.74) is 2.23. The van der Waals surface area contributed by atoms with Crippen molar-refractivity contribution < 1.29 is 27.8 Å². The summed E-state index contributed by atoms with van der Waals surface area (Å²) in [5.74, 6) is -0.305. The van der Waals surface area contributed by atoms with Gasteiger partial charge in [-0.05, 0) is 59.2 Å². The Labute approximate surface area is 233 Å². The molecule has 0 unspecified atom stereocenters. The summed E-state index contributed by atoms with van der Waals surface area (Å²) in [6, 6.07) is 30.5. The van der Waals surface area contributed by atoms with Gasteiger partial charge in [0.25, 0.3) is 0 Å². The first-order valence-corrected chi connectivity index (χ1v) is 13.0. The molecule has 6 nitrogen and oxygen atoms in total. The number of pyridine rings is 1. The van der Waals surface area contributed by atoms with Crippen molar-refractivity contribution in [3.63, 3.8) is 0 Å². The number of aromatic carboxylic acids is 1. The van der Waals surface area contributed by atoms with E-state index in [-0.39, 0.29) is 5.82 Å². The maximum absolute atomic E-state index is 13.7. The lowest BCUT2D eigenvalue weighted by Gasteiger charge is -2.14. The molecule has 2 heterocycles. The van der Waals surface area contributed by atoms with Crippen molar-refractivity contribution in [3.8, 4) is 22.8 Å². The third-order valence-corrected chi connectivity index (χ3v) is 7.20. The number of benzene rings is 3. The fraction of sp³-hybridized carbons (Fsp3) is 0.156. The predicted molar refractivity (Wildman–Crippen MR) is 146 cm³/mol. The summed E-state index contributed by atoms with van der Waals surface area (Å²) in [6.07, 6.45) is -3.13. The van der Waals surface area contributed by atoms with Gasteiger partial charge in [0.1, 0.15) is 17.9 Å². The van der Waals surface area contributed by atoms with Crippen molar-refractivity contribution in [1.29, 1.82) is 0 Å². The van der Waals surface area contributed by atoms with Crippen molar-refractivity contribution in [2.24, 2.45) is 0 Å². The second-order valence-corrected chi connectivity index (χ2v) is 9.89. The Balaban J connectivity index is 1.20. The molecule has 3 aromatic carbocycles. The number of carboxylic acids is 1. The highest BCUT2D eigenvalue weighted by Gasteiger charge is 2.41. The van der Waals surface area contributed by atoms with Gasteiger partial charge in [0, 0.05) is 5.56 Å². The van der Waals surface area contributed by atoms with Crippen LogP contribution in [0.2, 0.25) is 0 Å². The molecule has 6 rings (SSSR count). The van der Waals surface area contributed by atoms with E-state index in [0.29, 0.717) is 46.3 Å². The average Bonchev–Trinajstić information content (AvgIpc) is 3.64. The normalized spacial score (nSPS) is 16.4. The van der Waals surface area contributed by atoms with Crippen molar-refractivity contribution >= 4 is 5.97 Å². The number of carboxylic acid groups (broad SMARTS) is 1. The number of rotatable bonds is 8. The fourth-order valence-corrected chi connectivity index (χ4v) is 5.10. The summed E-state index contributed by atoms with van der Waals surface area (Å²) in [6.45, 7) is 0.295. The number of carbonyl (C=O) groups is 1. The fourth-order valence-electron chi connectivity index (χ4n) is 5.10. The monoisotopic (exact) mass is 555 g/mol. The van der Waals surface area contributed by atoms with Crippen LogP contribution in [-0.2, 0) is 12.8 Å². The SMILES string of the molecule is O=C(O)c1cnn(-c2cccc(-c3ccccc3OCc3ccc([C@@H]4C[C@H]4c4ccccc4)cc3)n2)c1C(F)(F)F. The Hall–Kier alpha value is -4.92. The first-order chi connectivity index (χ1) is 19.8. The molecule has 1 fully saturated rings. The number of halogens is 3. The molecule has 0 amide bonds. The van der Waals surface area contributed by atoms with E-state index < -0.39 is 23.4 Å². The van der Waals surface area contributed by atoms with Crippen LogP contribution >= 0.6 is 0 Å². The Morgan fingerprint density at radius 3 is 2.27 bits per heavy atom. The molecule has 0 spiro atoms. The van der Waals surface area contributed by atoms with Gasteiger partial charge in [-0.2, -0.15) is 18.3 Å². The van der Waals surface area contributed by atoms with Crippen LogP contribution < -0.4 is 4.74 Å². The van der Waals surface area contributed by atoms with E-state index >= 15 is 0 Å². The van der Waals surface area contributed by atoms with E-state index in [1.165, 1.54) is 23.3 Å². The van der Waals surface area contributed by atoms with Crippen molar-refractivity contribution in [2.45, 2.75) is 31.0 Å². The zero-order chi connectivity index (χ0) is 28.6. The summed E-state index contributed by atoms with van der Waals surface area (Å²) < 4.78 is 47.8. The second-order valence-electron chi connectivity index (χ2n) is 9.89. The number of aromatic nitrogens is 3. The van der Waals surface area contributed by atoms with E-state index in [2.05, 4.69) is 46.5 Å². The summed E-state index contributed by atoms with van der Waals surface area (Å²) >= 11 is 0. The second kappa shape index (κ2) is 10.6. The smallest absolute Gasteiger partial charge is 0.434 e. The molecule has 0 aliphatic heterocycles. The van der Waals surface area contributed by atoms with Gasteiger partial charge in [-0.3, -0.25) is 0 Å². The number of ether oxygens (including phenoxy) is 1. The minimum Gasteiger partial charge on any atom is -0.488 e. The molecule has 2 atom stereocenters. The van der Waals surface area contributed by atoms with E-state index in [9.17, 15) is 23.1 Å². The lowest BCUT2D eigenvalue weighted by atomic mass is 10.0. The van der Waals surface area contributed by atoms with E-state index in [4.69, 9.17) is 4.74 Å².